The minimum absolute atomic E-state index is 0.0810. The van der Waals surface area contributed by atoms with Gasteiger partial charge in [-0.2, -0.15) is 0 Å². The van der Waals surface area contributed by atoms with Gasteiger partial charge in [-0.05, 0) is 19.1 Å². The normalized spacial score (nSPS) is 8.75. The number of rotatable bonds is 0. The van der Waals surface area contributed by atoms with E-state index in [-0.39, 0.29) is 5.56 Å². The first kappa shape index (κ1) is 11.1. The second-order valence-corrected chi connectivity index (χ2v) is 2.55. The van der Waals surface area contributed by atoms with Crippen molar-refractivity contribution in [1.82, 2.24) is 0 Å². The van der Waals surface area contributed by atoms with Crippen LogP contribution in [-0.2, 0) is 0 Å². The van der Waals surface area contributed by atoms with Crippen LogP contribution in [0.2, 0.25) is 0 Å². The van der Waals surface area contributed by atoms with E-state index in [0.29, 0.717) is 0 Å². The highest BCUT2D eigenvalue weighted by atomic mass is 19.1. The van der Waals surface area contributed by atoms with E-state index in [2.05, 4.69) is 13.8 Å². The van der Waals surface area contributed by atoms with E-state index >= 15 is 0 Å². The van der Waals surface area contributed by atoms with Gasteiger partial charge in [-0.1, -0.05) is 26.3 Å². The van der Waals surface area contributed by atoms with Gasteiger partial charge in [0.1, 0.15) is 11.6 Å². The van der Waals surface area contributed by atoms with Crippen LogP contribution in [0.1, 0.15) is 25.8 Å². The van der Waals surface area contributed by atoms with Crippen LogP contribution in [0.15, 0.2) is 18.2 Å². The SMILES string of the molecule is CCC.Cc1c(F)cccc1F. The second kappa shape index (κ2) is 5.70. The van der Waals surface area contributed by atoms with Crippen molar-refractivity contribution in [2.24, 2.45) is 0 Å². The quantitative estimate of drug-likeness (QED) is 0.560. The van der Waals surface area contributed by atoms with Gasteiger partial charge in [-0.25, -0.2) is 8.78 Å². The maximum Gasteiger partial charge on any atom is 0.129 e. The third-order valence-electron chi connectivity index (χ3n) is 1.20. The summed E-state index contributed by atoms with van der Waals surface area (Å²) < 4.78 is 24.7. The Hall–Kier alpha value is -0.920. The van der Waals surface area contributed by atoms with Crippen molar-refractivity contribution in [2.45, 2.75) is 27.2 Å². The first-order valence-corrected chi connectivity index (χ1v) is 4.04. The van der Waals surface area contributed by atoms with E-state index in [0.717, 1.165) is 0 Å². The number of hydrogen-bond donors (Lipinski definition) is 0. The zero-order valence-corrected chi connectivity index (χ0v) is 7.70. The largest absolute Gasteiger partial charge is 0.207 e. The van der Waals surface area contributed by atoms with Crippen LogP contribution >= 0.6 is 0 Å². The van der Waals surface area contributed by atoms with Crippen LogP contribution in [0.4, 0.5) is 8.78 Å². The fraction of sp³-hybridized carbons (Fsp3) is 0.400. The molecular weight excluding hydrogens is 158 g/mol. The molecule has 2 heteroatoms. The van der Waals surface area contributed by atoms with Crippen LogP contribution in [0.5, 0.6) is 0 Å². The molecule has 0 saturated carbocycles. The van der Waals surface area contributed by atoms with Gasteiger partial charge in [-0.3, -0.25) is 0 Å². The van der Waals surface area contributed by atoms with E-state index in [9.17, 15) is 8.78 Å². The summed E-state index contributed by atoms with van der Waals surface area (Å²) in [5.41, 5.74) is 0.0810. The van der Waals surface area contributed by atoms with Crippen molar-refractivity contribution in [3.05, 3.63) is 35.4 Å². The maximum atomic E-state index is 12.3. The molecule has 0 aliphatic carbocycles. The number of hydrogen-bond acceptors (Lipinski definition) is 0. The van der Waals surface area contributed by atoms with Gasteiger partial charge < -0.3 is 0 Å². The molecule has 1 aromatic carbocycles. The molecule has 0 nitrogen and oxygen atoms in total. The van der Waals surface area contributed by atoms with Crippen LogP contribution in [-0.4, -0.2) is 0 Å². The van der Waals surface area contributed by atoms with Gasteiger partial charge in [0.25, 0.3) is 0 Å². The third-order valence-corrected chi connectivity index (χ3v) is 1.20. The molecule has 0 amide bonds. The molecule has 1 aromatic rings. The molecule has 0 N–H and O–H groups in total. The maximum absolute atomic E-state index is 12.3. The van der Waals surface area contributed by atoms with Crippen LogP contribution in [0.3, 0.4) is 0 Å². The predicted octanol–water partition coefficient (Wildman–Crippen LogP) is 3.69. The first-order chi connectivity index (χ1) is 5.63. The monoisotopic (exact) mass is 172 g/mol. The zero-order chi connectivity index (χ0) is 9.56. The molecular formula is C10H14F2. The molecule has 0 aromatic heterocycles. The van der Waals surface area contributed by atoms with Crippen LogP contribution in [0.25, 0.3) is 0 Å². The van der Waals surface area contributed by atoms with Gasteiger partial charge in [0, 0.05) is 5.56 Å². The summed E-state index contributed by atoms with van der Waals surface area (Å²) >= 11 is 0. The minimum atomic E-state index is -0.491. The predicted molar refractivity (Wildman–Crippen MR) is 47.1 cm³/mol. The Morgan fingerprint density at radius 3 is 1.67 bits per heavy atom. The molecule has 0 atom stereocenters. The molecule has 68 valence electrons. The first-order valence-electron chi connectivity index (χ1n) is 4.04. The Morgan fingerprint density at radius 2 is 1.42 bits per heavy atom. The molecule has 0 radical (unpaired) electrons. The van der Waals surface area contributed by atoms with Crippen LogP contribution < -0.4 is 0 Å². The molecule has 0 spiro atoms. The highest BCUT2D eigenvalue weighted by Crippen LogP contribution is 2.08. The molecule has 0 aliphatic heterocycles. The Labute approximate surface area is 72.2 Å². The summed E-state index contributed by atoms with van der Waals surface area (Å²) in [5, 5.41) is 0. The summed E-state index contributed by atoms with van der Waals surface area (Å²) in [4.78, 5) is 0. The van der Waals surface area contributed by atoms with E-state index in [1.807, 2.05) is 0 Å². The molecule has 0 aliphatic rings. The summed E-state index contributed by atoms with van der Waals surface area (Å²) in [7, 11) is 0. The van der Waals surface area contributed by atoms with Gasteiger partial charge in [0.15, 0.2) is 0 Å². The molecule has 0 bridgehead atoms. The van der Waals surface area contributed by atoms with Gasteiger partial charge in [-0.15, -0.1) is 0 Å². The number of halogens is 2. The topological polar surface area (TPSA) is 0 Å². The smallest absolute Gasteiger partial charge is 0.129 e. The lowest BCUT2D eigenvalue weighted by Crippen LogP contribution is -1.85. The molecule has 0 unspecified atom stereocenters. The average molecular weight is 172 g/mol. The van der Waals surface area contributed by atoms with Gasteiger partial charge >= 0.3 is 0 Å². The second-order valence-electron chi connectivity index (χ2n) is 2.55. The fourth-order valence-electron chi connectivity index (χ4n) is 0.581. The van der Waals surface area contributed by atoms with Gasteiger partial charge in [0.05, 0.1) is 0 Å². The Kier molecular flexibility index (Phi) is 5.26. The number of benzene rings is 1. The molecule has 0 fully saturated rings. The highest BCUT2D eigenvalue weighted by molar-refractivity contribution is 5.17. The van der Waals surface area contributed by atoms with Crippen molar-refractivity contribution in [3.63, 3.8) is 0 Å². The van der Waals surface area contributed by atoms with Crippen molar-refractivity contribution in [3.8, 4) is 0 Å². The third kappa shape index (κ3) is 3.46. The minimum Gasteiger partial charge on any atom is -0.207 e. The Morgan fingerprint density at radius 1 is 1.08 bits per heavy atom. The van der Waals surface area contributed by atoms with Crippen LogP contribution in [0, 0.1) is 18.6 Å². The lowest BCUT2D eigenvalue weighted by atomic mass is 10.2. The molecule has 0 saturated heterocycles. The lowest BCUT2D eigenvalue weighted by Gasteiger charge is -1.94. The van der Waals surface area contributed by atoms with E-state index < -0.39 is 11.6 Å². The Bertz CT molecular complexity index is 211. The van der Waals surface area contributed by atoms with Crippen molar-refractivity contribution in [1.29, 1.82) is 0 Å². The highest BCUT2D eigenvalue weighted by Gasteiger charge is 1.99. The summed E-state index contributed by atoms with van der Waals surface area (Å²) in [6.07, 6.45) is 1.25. The van der Waals surface area contributed by atoms with E-state index in [4.69, 9.17) is 0 Å². The van der Waals surface area contributed by atoms with E-state index in [1.54, 1.807) is 0 Å². The summed E-state index contributed by atoms with van der Waals surface area (Å²) in [5.74, 6) is -0.981. The van der Waals surface area contributed by atoms with Crippen molar-refractivity contribution >= 4 is 0 Å². The molecule has 0 heterocycles. The fourth-order valence-corrected chi connectivity index (χ4v) is 0.581. The summed E-state index contributed by atoms with van der Waals surface area (Å²) in [6.45, 7) is 5.66. The molecule has 1 rings (SSSR count). The standard InChI is InChI=1S/C7H6F2.C3H8/c1-5-6(8)3-2-4-7(5)9;1-3-2/h2-4H,1H3;3H2,1-2H3. The summed E-state index contributed by atoms with van der Waals surface area (Å²) in [6, 6.07) is 3.81. The van der Waals surface area contributed by atoms with Gasteiger partial charge in [0.2, 0.25) is 0 Å². The average Bonchev–Trinajstić information content (AvgIpc) is 2.02. The molecule has 12 heavy (non-hydrogen) atoms. The Balaban J connectivity index is 0.000000354. The van der Waals surface area contributed by atoms with Crippen molar-refractivity contribution in [2.75, 3.05) is 0 Å². The van der Waals surface area contributed by atoms with Crippen molar-refractivity contribution < 1.29 is 8.78 Å². The van der Waals surface area contributed by atoms with E-state index in [1.165, 1.54) is 31.5 Å². The zero-order valence-electron chi connectivity index (χ0n) is 7.70. The lowest BCUT2D eigenvalue weighted by molar-refractivity contribution is 0.568.